The molecule has 126 valence electrons. The summed E-state index contributed by atoms with van der Waals surface area (Å²) in [6.45, 7) is 3.98. The van der Waals surface area contributed by atoms with Crippen LogP contribution in [0.1, 0.15) is 79.5 Å². The summed E-state index contributed by atoms with van der Waals surface area (Å²) in [5.74, 6) is -1.78. The number of aliphatic carboxylic acids is 2. The van der Waals surface area contributed by atoms with Crippen LogP contribution < -0.4 is 29.6 Å². The minimum absolute atomic E-state index is 0. The first-order valence-electron chi connectivity index (χ1n) is 7.93. The first-order valence-corrected chi connectivity index (χ1v) is 7.93. The van der Waals surface area contributed by atoms with E-state index < -0.39 is 11.9 Å². The van der Waals surface area contributed by atoms with Gasteiger partial charge in [-0.3, -0.25) is 9.79 Å². The maximum absolute atomic E-state index is 10.1. The average Bonchev–Trinajstić information content (AvgIpc) is 2.39. The molecule has 0 saturated heterocycles. The normalized spacial score (nSPS) is 9.73. The minimum atomic E-state index is -0.947. The van der Waals surface area contributed by atoms with Gasteiger partial charge in [-0.15, -0.1) is 0 Å². The molecule has 0 aromatic rings. The van der Waals surface area contributed by atoms with Gasteiger partial charge in [0.05, 0.1) is 0 Å². The van der Waals surface area contributed by atoms with Crippen molar-refractivity contribution in [3.63, 3.8) is 0 Å². The Morgan fingerprint density at radius 2 is 1.27 bits per heavy atom. The predicted molar refractivity (Wildman–Crippen MR) is 87.3 cm³/mol. The van der Waals surface area contributed by atoms with Gasteiger partial charge in [-0.05, 0) is 6.42 Å². The van der Waals surface area contributed by atoms with Crippen LogP contribution in [0.15, 0.2) is 4.99 Å². The van der Waals surface area contributed by atoms with E-state index in [0.717, 1.165) is 19.6 Å². The number of unbranched alkanes of at least 4 members (excludes halogenated alkanes) is 9. The van der Waals surface area contributed by atoms with Gasteiger partial charge in [0.25, 0.3) is 5.97 Å². The Morgan fingerprint density at radius 1 is 0.909 bits per heavy atom. The van der Waals surface area contributed by atoms with Crippen LogP contribution in [0.4, 0.5) is 0 Å². The summed E-state index contributed by atoms with van der Waals surface area (Å²) in [7, 11) is 0. The second-order valence-corrected chi connectivity index (χ2v) is 5.07. The molecule has 22 heavy (non-hydrogen) atoms. The number of nitrogens with zero attached hydrogens (tertiary/aromatic N) is 1. The van der Waals surface area contributed by atoms with Gasteiger partial charge in [0.2, 0.25) is 0 Å². The zero-order valence-electron chi connectivity index (χ0n) is 15.5. The summed E-state index contributed by atoms with van der Waals surface area (Å²) in [4.78, 5) is 22.9. The van der Waals surface area contributed by atoms with Crippen molar-refractivity contribution < 1.29 is 50.8 Å². The summed E-state index contributed by atoms with van der Waals surface area (Å²) in [5.41, 5.74) is 0. The summed E-state index contributed by atoms with van der Waals surface area (Å²) in [6, 6.07) is 0. The van der Waals surface area contributed by atoms with E-state index in [-0.39, 0.29) is 31.0 Å². The van der Waals surface area contributed by atoms with Crippen LogP contribution in [0.2, 0.25) is 0 Å². The summed E-state index contributed by atoms with van der Waals surface area (Å²) < 4.78 is 0. The Balaban J connectivity index is -0.000000268. The molecule has 0 aromatic heterocycles. The molecule has 0 spiro atoms. The Kier molecular flexibility index (Phi) is 27.6. The largest absolute Gasteiger partial charge is 1.00 e. The Morgan fingerprint density at radius 3 is 1.64 bits per heavy atom. The molecule has 0 aliphatic carbocycles. The number of carboxylic acid groups (broad SMARTS) is 2. The third-order valence-electron chi connectivity index (χ3n) is 2.84. The second kappa shape index (κ2) is 22.9. The van der Waals surface area contributed by atoms with E-state index in [1.54, 1.807) is 0 Å². The van der Waals surface area contributed by atoms with E-state index in [9.17, 15) is 4.79 Å². The Bertz CT molecular complexity index is 285. The maximum atomic E-state index is 10.1. The molecule has 0 saturated carbocycles. The Labute approximate surface area is 158 Å². The van der Waals surface area contributed by atoms with Gasteiger partial charge in [-0.25, -0.2) is 4.79 Å². The van der Waals surface area contributed by atoms with Gasteiger partial charge in [-0.2, -0.15) is 0 Å². The molecular weight excluding hydrogens is 293 g/mol. The van der Waals surface area contributed by atoms with Crippen molar-refractivity contribution in [1.29, 1.82) is 0 Å². The van der Waals surface area contributed by atoms with Crippen molar-refractivity contribution in [2.75, 3.05) is 6.54 Å². The van der Waals surface area contributed by atoms with Crippen molar-refractivity contribution in [1.82, 2.24) is 0 Å². The van der Waals surface area contributed by atoms with Crippen molar-refractivity contribution >= 4 is 18.2 Å². The maximum Gasteiger partial charge on any atom is 1.00 e. The average molecular weight is 325 g/mol. The van der Waals surface area contributed by atoms with Crippen LogP contribution >= 0.6 is 0 Å². The van der Waals surface area contributed by atoms with Crippen LogP contribution in [0.25, 0.3) is 0 Å². The standard InChI is InChI=1S/C14H27NO2.C2H4O2.Na.H/c1-2-3-4-5-6-7-8-9-10-11-12-15-13-14(16)17;1-2(3)4;;/h13H,2-12H2,1H3,(H,16,17);1H3,(H,3,4);;/q;;+1;-1. The third-order valence-corrected chi connectivity index (χ3v) is 2.84. The molecule has 2 N–H and O–H groups in total. The van der Waals surface area contributed by atoms with Crippen LogP contribution in [0, 0.1) is 0 Å². The monoisotopic (exact) mass is 325 g/mol. The molecule has 0 fully saturated rings. The van der Waals surface area contributed by atoms with Gasteiger partial charge in [0.15, 0.2) is 0 Å². The number of aliphatic imine (C=N–C) groups is 1. The molecule has 0 radical (unpaired) electrons. The van der Waals surface area contributed by atoms with Crippen LogP contribution in [-0.4, -0.2) is 34.9 Å². The first-order chi connectivity index (χ1) is 10.0. The van der Waals surface area contributed by atoms with E-state index in [1.807, 2.05) is 0 Å². The van der Waals surface area contributed by atoms with Crippen LogP contribution in [0.3, 0.4) is 0 Å². The zero-order chi connectivity index (χ0) is 16.3. The molecule has 0 aliphatic heterocycles. The SMILES string of the molecule is CC(=O)O.CCCCCCCCCCCCN=CC(=O)O.[H-].[Na+]. The second-order valence-electron chi connectivity index (χ2n) is 5.07. The number of rotatable bonds is 12. The van der Waals surface area contributed by atoms with E-state index in [0.29, 0.717) is 6.54 Å². The third kappa shape index (κ3) is 36.7. The fourth-order valence-electron chi connectivity index (χ4n) is 1.83. The Hall–Kier alpha value is -0.390. The van der Waals surface area contributed by atoms with Crippen molar-refractivity contribution in [2.24, 2.45) is 4.99 Å². The summed E-state index contributed by atoms with van der Waals surface area (Å²) in [6.07, 6.45) is 13.9. The summed E-state index contributed by atoms with van der Waals surface area (Å²) in [5, 5.41) is 15.7. The predicted octanol–water partition coefficient (Wildman–Crippen LogP) is 1.27. The molecule has 6 heteroatoms. The zero-order valence-corrected chi connectivity index (χ0v) is 16.5. The quantitative estimate of drug-likeness (QED) is 0.321. The number of hydrogen-bond donors (Lipinski definition) is 2. The number of hydrogen-bond acceptors (Lipinski definition) is 3. The summed E-state index contributed by atoms with van der Waals surface area (Å²) >= 11 is 0. The topological polar surface area (TPSA) is 87.0 Å². The van der Waals surface area contributed by atoms with E-state index >= 15 is 0 Å². The first kappa shape index (κ1) is 26.5. The number of carbonyl (C=O) groups is 2. The molecular formula is C16H32NNaO4. The number of carboxylic acids is 2. The molecule has 0 rings (SSSR count). The molecule has 0 unspecified atom stereocenters. The van der Waals surface area contributed by atoms with Gasteiger partial charge < -0.3 is 11.6 Å². The molecule has 5 nitrogen and oxygen atoms in total. The van der Waals surface area contributed by atoms with E-state index in [1.165, 1.54) is 57.8 Å². The fraction of sp³-hybridized carbons (Fsp3) is 0.812. The van der Waals surface area contributed by atoms with Crippen LogP contribution in [-0.2, 0) is 9.59 Å². The molecule has 0 atom stereocenters. The van der Waals surface area contributed by atoms with Gasteiger partial charge in [0, 0.05) is 13.5 Å². The van der Waals surface area contributed by atoms with Gasteiger partial charge >= 0.3 is 35.5 Å². The van der Waals surface area contributed by atoms with Crippen molar-refractivity contribution in [3.05, 3.63) is 0 Å². The van der Waals surface area contributed by atoms with E-state index in [4.69, 9.17) is 15.0 Å². The van der Waals surface area contributed by atoms with Crippen molar-refractivity contribution in [3.8, 4) is 0 Å². The molecule has 0 heterocycles. The van der Waals surface area contributed by atoms with Gasteiger partial charge in [-0.1, -0.05) is 64.7 Å². The van der Waals surface area contributed by atoms with E-state index in [2.05, 4.69) is 11.9 Å². The minimum Gasteiger partial charge on any atom is -1.00 e. The van der Waals surface area contributed by atoms with Crippen molar-refractivity contribution in [2.45, 2.75) is 78.1 Å². The smallest absolute Gasteiger partial charge is 1.00 e. The molecule has 0 amide bonds. The van der Waals surface area contributed by atoms with Gasteiger partial charge in [0.1, 0.15) is 6.21 Å². The fourth-order valence-corrected chi connectivity index (χ4v) is 1.83. The molecule has 0 aliphatic rings. The molecule has 0 bridgehead atoms. The van der Waals surface area contributed by atoms with Crippen LogP contribution in [0.5, 0.6) is 0 Å². The molecule has 0 aromatic carbocycles.